The number of fused-ring (bicyclic) bond motifs is 2. The molecule has 0 spiro atoms. The highest BCUT2D eigenvalue weighted by Crippen LogP contribution is 2.36. The first-order valence-electron chi connectivity index (χ1n) is 10.6. The molecule has 6 heteroatoms. The van der Waals surface area contributed by atoms with E-state index >= 15 is 0 Å². The zero-order valence-electron chi connectivity index (χ0n) is 18.2. The van der Waals surface area contributed by atoms with Crippen LogP contribution in [0.5, 0.6) is 0 Å². The van der Waals surface area contributed by atoms with Crippen molar-refractivity contribution < 1.29 is 14.3 Å². The molecule has 2 aromatic carbocycles. The topological polar surface area (TPSA) is 64.4 Å². The number of hydrogen-bond acceptors (Lipinski definition) is 4. The minimum absolute atomic E-state index is 0.216. The molecular formula is C25H27N3O3. The third-order valence-electron chi connectivity index (χ3n) is 5.97. The Labute approximate surface area is 182 Å². The fourth-order valence-corrected chi connectivity index (χ4v) is 4.23. The van der Waals surface area contributed by atoms with E-state index in [0.29, 0.717) is 6.42 Å². The molecule has 1 aliphatic rings. The lowest BCUT2D eigenvalue weighted by Gasteiger charge is -2.24. The molecule has 0 saturated carbocycles. The maximum absolute atomic E-state index is 13.2. The van der Waals surface area contributed by atoms with Gasteiger partial charge >= 0.3 is 5.97 Å². The molecule has 160 valence electrons. The Kier molecular flexibility index (Phi) is 5.89. The summed E-state index contributed by atoms with van der Waals surface area (Å²) in [5.74, 6) is -0.628. The first kappa shape index (κ1) is 20.8. The maximum Gasteiger partial charge on any atom is 0.306 e. The van der Waals surface area contributed by atoms with E-state index in [9.17, 15) is 9.59 Å². The fraction of sp³-hybridized carbons (Fsp3) is 0.320. The molecule has 0 fully saturated rings. The van der Waals surface area contributed by atoms with E-state index in [2.05, 4.69) is 5.10 Å². The van der Waals surface area contributed by atoms with E-state index < -0.39 is 0 Å². The standard InChI is InChI=1S/C25H27N3O3/c1-17-21(18(2)27(3)26-17)14-15-25(30)31-16-24(29)28-22-10-6-4-8-19(22)12-13-20-9-5-7-11-23(20)28/h4-11H,12-16H2,1-3H3. The Morgan fingerprint density at radius 2 is 1.55 bits per heavy atom. The van der Waals surface area contributed by atoms with Crippen LogP contribution in [0.15, 0.2) is 48.5 Å². The number of amides is 1. The number of ether oxygens (including phenoxy) is 1. The van der Waals surface area contributed by atoms with Gasteiger partial charge in [0.2, 0.25) is 0 Å². The summed E-state index contributed by atoms with van der Waals surface area (Å²) < 4.78 is 7.19. The van der Waals surface area contributed by atoms with Crippen LogP contribution in [0, 0.1) is 13.8 Å². The largest absolute Gasteiger partial charge is 0.456 e. The molecule has 31 heavy (non-hydrogen) atoms. The first-order valence-corrected chi connectivity index (χ1v) is 10.6. The van der Waals surface area contributed by atoms with Crippen LogP contribution in [0.2, 0.25) is 0 Å². The summed E-state index contributed by atoms with van der Waals surface area (Å²) in [5, 5.41) is 4.38. The van der Waals surface area contributed by atoms with Crippen molar-refractivity contribution in [2.24, 2.45) is 7.05 Å². The highest BCUT2D eigenvalue weighted by Gasteiger charge is 2.26. The Morgan fingerprint density at radius 3 is 2.10 bits per heavy atom. The van der Waals surface area contributed by atoms with Crippen molar-refractivity contribution in [1.29, 1.82) is 0 Å². The zero-order valence-corrected chi connectivity index (χ0v) is 18.2. The summed E-state index contributed by atoms with van der Waals surface area (Å²) >= 11 is 0. The number of esters is 1. The molecule has 1 aliphatic heterocycles. The van der Waals surface area contributed by atoms with Crippen molar-refractivity contribution in [1.82, 2.24) is 9.78 Å². The number of aromatic nitrogens is 2. The van der Waals surface area contributed by atoms with Crippen molar-refractivity contribution >= 4 is 23.3 Å². The summed E-state index contributed by atoms with van der Waals surface area (Å²) in [4.78, 5) is 27.3. The number of rotatable bonds is 5. The van der Waals surface area contributed by atoms with Gasteiger partial charge in [-0.25, -0.2) is 0 Å². The highest BCUT2D eigenvalue weighted by molar-refractivity contribution is 6.03. The highest BCUT2D eigenvalue weighted by atomic mass is 16.5. The minimum Gasteiger partial charge on any atom is -0.456 e. The molecule has 3 aromatic rings. The van der Waals surface area contributed by atoms with Gasteiger partial charge in [-0.15, -0.1) is 0 Å². The number of carbonyl (C=O) groups excluding carboxylic acids is 2. The summed E-state index contributed by atoms with van der Waals surface area (Å²) in [7, 11) is 1.89. The zero-order chi connectivity index (χ0) is 22.0. The van der Waals surface area contributed by atoms with E-state index in [1.807, 2.05) is 74.1 Å². The average molecular weight is 418 g/mol. The summed E-state index contributed by atoms with van der Waals surface area (Å²) in [6.07, 6.45) is 2.49. The van der Waals surface area contributed by atoms with Crippen LogP contribution in [0.3, 0.4) is 0 Å². The number of hydrogen-bond donors (Lipinski definition) is 0. The average Bonchev–Trinajstić information content (AvgIpc) is 2.92. The van der Waals surface area contributed by atoms with E-state index in [1.54, 1.807) is 4.90 Å². The number of aryl methyl sites for hydroxylation is 4. The monoisotopic (exact) mass is 417 g/mol. The molecule has 4 rings (SSSR count). The summed E-state index contributed by atoms with van der Waals surface area (Å²) in [5.41, 5.74) is 6.95. The van der Waals surface area contributed by atoms with Crippen LogP contribution in [0.25, 0.3) is 0 Å². The van der Waals surface area contributed by atoms with Gasteiger partial charge in [-0.1, -0.05) is 36.4 Å². The van der Waals surface area contributed by atoms with E-state index in [-0.39, 0.29) is 24.9 Å². The van der Waals surface area contributed by atoms with Crippen LogP contribution in [0.4, 0.5) is 11.4 Å². The lowest BCUT2D eigenvalue weighted by molar-refractivity contribution is -0.147. The van der Waals surface area contributed by atoms with Gasteiger partial charge in [-0.2, -0.15) is 5.10 Å². The summed E-state index contributed by atoms with van der Waals surface area (Å²) in [6, 6.07) is 15.8. The second-order valence-electron chi connectivity index (χ2n) is 7.92. The van der Waals surface area contributed by atoms with Crippen molar-refractivity contribution in [3.63, 3.8) is 0 Å². The second kappa shape index (κ2) is 8.76. The molecule has 0 atom stereocenters. The van der Waals surface area contributed by atoms with Crippen LogP contribution >= 0.6 is 0 Å². The van der Waals surface area contributed by atoms with E-state index in [1.165, 1.54) is 0 Å². The molecule has 0 saturated heterocycles. The Hall–Kier alpha value is -3.41. The van der Waals surface area contributed by atoms with Gasteiger partial charge < -0.3 is 4.74 Å². The van der Waals surface area contributed by atoms with Crippen molar-refractivity contribution in [2.75, 3.05) is 11.5 Å². The van der Waals surface area contributed by atoms with Crippen LogP contribution < -0.4 is 4.90 Å². The van der Waals surface area contributed by atoms with Crippen molar-refractivity contribution in [3.05, 3.63) is 76.6 Å². The molecule has 0 radical (unpaired) electrons. The Morgan fingerprint density at radius 1 is 0.968 bits per heavy atom. The number of para-hydroxylation sites is 2. The van der Waals surface area contributed by atoms with Gasteiger partial charge in [0.15, 0.2) is 6.61 Å². The molecule has 0 bridgehead atoms. The van der Waals surface area contributed by atoms with Gasteiger partial charge in [0.1, 0.15) is 0 Å². The maximum atomic E-state index is 13.2. The van der Waals surface area contributed by atoms with Gasteiger partial charge in [0.25, 0.3) is 5.91 Å². The van der Waals surface area contributed by atoms with Gasteiger partial charge in [-0.3, -0.25) is 19.2 Å². The molecule has 6 nitrogen and oxygen atoms in total. The smallest absolute Gasteiger partial charge is 0.306 e. The van der Waals surface area contributed by atoms with Gasteiger partial charge in [0, 0.05) is 19.2 Å². The van der Waals surface area contributed by atoms with Crippen LogP contribution in [-0.2, 0) is 40.6 Å². The van der Waals surface area contributed by atoms with Crippen molar-refractivity contribution in [3.8, 4) is 0 Å². The van der Waals surface area contributed by atoms with Crippen LogP contribution in [0.1, 0.15) is 34.5 Å². The minimum atomic E-state index is -0.382. The second-order valence-corrected chi connectivity index (χ2v) is 7.92. The van der Waals surface area contributed by atoms with Crippen LogP contribution in [-0.4, -0.2) is 28.3 Å². The van der Waals surface area contributed by atoms with E-state index in [4.69, 9.17) is 4.74 Å². The van der Waals surface area contributed by atoms with Gasteiger partial charge in [-0.05, 0) is 61.9 Å². The third kappa shape index (κ3) is 4.24. The number of carbonyl (C=O) groups is 2. The normalized spacial score (nSPS) is 12.7. The lowest BCUT2D eigenvalue weighted by atomic mass is 10.0. The fourth-order valence-electron chi connectivity index (χ4n) is 4.23. The number of benzene rings is 2. The predicted molar refractivity (Wildman–Crippen MR) is 119 cm³/mol. The Bertz CT molecular complexity index is 1090. The van der Waals surface area contributed by atoms with E-state index in [0.717, 1.165) is 52.3 Å². The molecular weight excluding hydrogens is 390 g/mol. The number of anilines is 2. The molecule has 1 aromatic heterocycles. The summed E-state index contributed by atoms with van der Waals surface area (Å²) in [6.45, 7) is 3.64. The van der Waals surface area contributed by atoms with Gasteiger partial charge in [0.05, 0.1) is 17.1 Å². The quantitative estimate of drug-likeness (QED) is 0.589. The molecule has 0 N–H and O–H groups in total. The van der Waals surface area contributed by atoms with Crippen molar-refractivity contribution in [2.45, 2.75) is 39.5 Å². The molecule has 0 unspecified atom stereocenters. The molecule has 1 amide bonds. The number of nitrogens with zero attached hydrogens (tertiary/aromatic N) is 3. The predicted octanol–water partition coefficient (Wildman–Crippen LogP) is 3.98. The third-order valence-corrected chi connectivity index (χ3v) is 5.97. The molecule has 2 heterocycles. The Balaban J connectivity index is 1.46. The SMILES string of the molecule is Cc1nn(C)c(C)c1CCC(=O)OCC(=O)N1c2ccccc2CCc2ccccc21. The molecule has 0 aliphatic carbocycles. The lowest BCUT2D eigenvalue weighted by Crippen LogP contribution is -2.31. The first-order chi connectivity index (χ1) is 15.0.